The first kappa shape index (κ1) is 71.0. The SMILES string of the molecule is CCCCCCC/C=C\C/C=C\CCCCCCCCCCCCCCCCCCCCCCCCCC(=O)NC(COP(=O)([O-])OCC[N+](C)(C)C)C(O)CCCCCCCCCCCCCCCCC. The van der Waals surface area contributed by atoms with E-state index in [4.69, 9.17) is 9.05 Å². The molecule has 0 aromatic carbocycles. The Bertz CT molecular complexity index is 1220. The van der Waals surface area contributed by atoms with Gasteiger partial charge < -0.3 is 28.8 Å². The molecular weight excluding hydrogens is 912 g/mol. The maximum absolute atomic E-state index is 13.0. The molecule has 0 spiro atoms. The van der Waals surface area contributed by atoms with Crippen molar-refractivity contribution in [3.05, 3.63) is 24.3 Å². The number of nitrogens with zero attached hydrogens (tertiary/aromatic N) is 1. The number of likely N-dealkylation sites (N-methyl/N-ethyl adjacent to an activating group) is 1. The summed E-state index contributed by atoms with van der Waals surface area (Å²) in [6.45, 7) is 4.75. The number of allylic oxidation sites excluding steroid dienone is 4. The summed E-state index contributed by atoms with van der Waals surface area (Å²) in [5.74, 6) is -0.158. The van der Waals surface area contributed by atoms with Crippen LogP contribution in [-0.2, 0) is 18.4 Å². The van der Waals surface area contributed by atoms with Crippen LogP contribution in [0.25, 0.3) is 0 Å². The van der Waals surface area contributed by atoms with Crippen molar-refractivity contribution in [2.75, 3.05) is 40.9 Å². The number of aliphatic hydroxyl groups is 1. The van der Waals surface area contributed by atoms with E-state index >= 15 is 0 Å². The van der Waals surface area contributed by atoms with Gasteiger partial charge in [-0.25, -0.2) is 0 Å². The molecule has 8 nitrogen and oxygen atoms in total. The molecule has 0 rings (SSSR count). The van der Waals surface area contributed by atoms with Crippen molar-refractivity contribution in [1.82, 2.24) is 5.32 Å². The fourth-order valence-corrected chi connectivity index (χ4v) is 10.4. The van der Waals surface area contributed by atoms with Gasteiger partial charge in [0.05, 0.1) is 39.9 Å². The number of carbonyl (C=O) groups excluding carboxylic acids is 1. The molecule has 9 heteroatoms. The van der Waals surface area contributed by atoms with Gasteiger partial charge in [0.2, 0.25) is 5.91 Å². The van der Waals surface area contributed by atoms with Crippen molar-refractivity contribution < 1.29 is 32.9 Å². The maximum Gasteiger partial charge on any atom is 0.268 e. The molecule has 0 bridgehead atoms. The van der Waals surface area contributed by atoms with Gasteiger partial charge in [0, 0.05) is 6.42 Å². The van der Waals surface area contributed by atoms with Crippen LogP contribution in [0.4, 0.5) is 0 Å². The fourth-order valence-electron chi connectivity index (χ4n) is 9.72. The molecule has 0 aliphatic heterocycles. The topological polar surface area (TPSA) is 108 Å². The van der Waals surface area contributed by atoms with E-state index < -0.39 is 20.0 Å². The number of carbonyl (C=O) groups is 1. The molecule has 0 aromatic rings. The summed E-state index contributed by atoms with van der Waals surface area (Å²) in [5, 5.41) is 14.0. The van der Waals surface area contributed by atoms with Crippen molar-refractivity contribution in [3.8, 4) is 0 Å². The summed E-state index contributed by atoms with van der Waals surface area (Å²) in [4.78, 5) is 25.5. The Hall–Kier alpha value is -1.02. The lowest BCUT2D eigenvalue weighted by atomic mass is 10.0. The molecule has 428 valence electrons. The summed E-state index contributed by atoms with van der Waals surface area (Å²) < 4.78 is 23.4. The number of aliphatic hydroxyl groups excluding tert-OH is 1. The number of phosphoric ester groups is 1. The van der Waals surface area contributed by atoms with E-state index in [1.165, 1.54) is 250 Å². The molecule has 0 radical (unpaired) electrons. The van der Waals surface area contributed by atoms with Crippen molar-refractivity contribution in [3.63, 3.8) is 0 Å². The molecule has 0 saturated heterocycles. The smallest absolute Gasteiger partial charge is 0.268 e. The minimum Gasteiger partial charge on any atom is -0.756 e. The molecule has 1 amide bonds. The average molecular weight is 1040 g/mol. The second kappa shape index (κ2) is 54.8. The molecule has 0 fully saturated rings. The minimum atomic E-state index is -4.57. The van der Waals surface area contributed by atoms with Crippen molar-refractivity contribution >= 4 is 13.7 Å². The predicted molar refractivity (Wildman–Crippen MR) is 312 cm³/mol. The van der Waals surface area contributed by atoms with E-state index in [-0.39, 0.29) is 19.1 Å². The summed E-state index contributed by atoms with van der Waals surface area (Å²) in [6.07, 6.45) is 69.5. The molecule has 3 unspecified atom stereocenters. The first-order valence-electron chi connectivity index (χ1n) is 31.7. The highest BCUT2D eigenvalue weighted by Gasteiger charge is 2.24. The van der Waals surface area contributed by atoms with E-state index in [1.54, 1.807) is 0 Å². The Balaban J connectivity index is 3.92. The summed E-state index contributed by atoms with van der Waals surface area (Å²) in [6, 6.07) is -0.797. The first-order chi connectivity index (χ1) is 35.0. The summed E-state index contributed by atoms with van der Waals surface area (Å²) in [7, 11) is 1.32. The van der Waals surface area contributed by atoms with Crippen LogP contribution in [0.3, 0.4) is 0 Å². The quantitative estimate of drug-likeness (QED) is 0.0272. The minimum absolute atomic E-state index is 0.0150. The molecule has 0 saturated carbocycles. The Kier molecular flexibility index (Phi) is 54.0. The number of quaternary nitrogens is 1. The monoisotopic (exact) mass is 1040 g/mol. The lowest BCUT2D eigenvalue weighted by Crippen LogP contribution is -2.46. The standard InChI is InChI=1S/C63H125N2O6P/c1-6-8-10-12-14-16-18-20-22-23-24-25-26-27-28-29-30-31-32-33-34-35-36-37-38-39-40-41-43-45-47-49-51-53-55-57-63(67)64-61(60-71-72(68,69)70-59-58-65(3,4)5)62(66)56-54-52-50-48-46-44-42-21-19-17-15-13-11-9-7-2/h18,20,23-24,61-62,66H,6-17,19,21-22,25-60H2,1-5H3,(H-,64,67,68,69)/b20-18-,24-23-. The number of phosphoric acid groups is 1. The summed E-state index contributed by atoms with van der Waals surface area (Å²) >= 11 is 0. The highest BCUT2D eigenvalue weighted by Crippen LogP contribution is 2.38. The third kappa shape index (κ3) is 56.7. The Morgan fingerprint density at radius 3 is 1.15 bits per heavy atom. The Morgan fingerprint density at radius 1 is 0.486 bits per heavy atom. The van der Waals surface area contributed by atoms with Gasteiger partial charge in [-0.05, 0) is 44.9 Å². The van der Waals surface area contributed by atoms with Crippen molar-refractivity contribution in [2.45, 2.75) is 334 Å². The predicted octanol–water partition coefficient (Wildman–Crippen LogP) is 18.9. The first-order valence-corrected chi connectivity index (χ1v) is 33.1. The third-order valence-corrected chi connectivity index (χ3v) is 15.7. The molecule has 0 aliphatic carbocycles. The van der Waals surface area contributed by atoms with Crippen LogP contribution in [0.15, 0.2) is 24.3 Å². The molecule has 0 heterocycles. The molecule has 72 heavy (non-hydrogen) atoms. The fraction of sp³-hybridized carbons (Fsp3) is 0.921. The number of hydrogen-bond acceptors (Lipinski definition) is 6. The van der Waals surface area contributed by atoms with E-state index in [1.807, 2.05) is 21.1 Å². The van der Waals surface area contributed by atoms with E-state index in [2.05, 4.69) is 43.5 Å². The van der Waals surface area contributed by atoms with Crippen molar-refractivity contribution in [1.29, 1.82) is 0 Å². The van der Waals surface area contributed by atoms with Gasteiger partial charge in [-0.15, -0.1) is 0 Å². The van der Waals surface area contributed by atoms with Crippen LogP contribution in [0.1, 0.15) is 322 Å². The average Bonchev–Trinajstić information content (AvgIpc) is 3.34. The Labute approximate surface area is 449 Å². The van der Waals surface area contributed by atoms with E-state index in [0.29, 0.717) is 23.9 Å². The van der Waals surface area contributed by atoms with Crippen LogP contribution in [0, 0.1) is 0 Å². The van der Waals surface area contributed by atoms with Gasteiger partial charge in [0.25, 0.3) is 7.82 Å². The van der Waals surface area contributed by atoms with Gasteiger partial charge in [-0.1, -0.05) is 295 Å². The molecular formula is C63H125N2O6P. The lowest BCUT2D eigenvalue weighted by Gasteiger charge is -2.30. The lowest BCUT2D eigenvalue weighted by molar-refractivity contribution is -0.870. The zero-order chi connectivity index (χ0) is 52.7. The van der Waals surface area contributed by atoms with Crippen molar-refractivity contribution in [2.24, 2.45) is 0 Å². The molecule has 0 aromatic heterocycles. The second-order valence-corrected chi connectivity index (χ2v) is 24.5. The zero-order valence-electron chi connectivity index (χ0n) is 48.9. The summed E-state index contributed by atoms with van der Waals surface area (Å²) in [5.41, 5.74) is 0. The van der Waals surface area contributed by atoms with Crippen LogP contribution < -0.4 is 10.2 Å². The third-order valence-electron chi connectivity index (χ3n) is 14.7. The van der Waals surface area contributed by atoms with Gasteiger partial charge >= 0.3 is 0 Å². The van der Waals surface area contributed by atoms with Crippen LogP contribution in [0.5, 0.6) is 0 Å². The second-order valence-electron chi connectivity index (χ2n) is 23.1. The number of amides is 1. The molecule has 0 aliphatic rings. The van der Waals surface area contributed by atoms with Crippen LogP contribution >= 0.6 is 7.82 Å². The van der Waals surface area contributed by atoms with Gasteiger partial charge in [0.15, 0.2) is 0 Å². The van der Waals surface area contributed by atoms with E-state index in [9.17, 15) is 19.4 Å². The number of nitrogens with one attached hydrogen (secondary N) is 1. The molecule has 2 N–H and O–H groups in total. The van der Waals surface area contributed by atoms with Crippen LogP contribution in [0.2, 0.25) is 0 Å². The van der Waals surface area contributed by atoms with Gasteiger partial charge in [0.1, 0.15) is 13.2 Å². The van der Waals surface area contributed by atoms with E-state index in [0.717, 1.165) is 44.9 Å². The Morgan fingerprint density at radius 2 is 0.806 bits per heavy atom. The largest absolute Gasteiger partial charge is 0.756 e. The van der Waals surface area contributed by atoms with Crippen LogP contribution in [-0.4, -0.2) is 68.5 Å². The van der Waals surface area contributed by atoms with Gasteiger partial charge in [-0.2, -0.15) is 0 Å². The maximum atomic E-state index is 13.0. The van der Waals surface area contributed by atoms with Gasteiger partial charge in [-0.3, -0.25) is 9.36 Å². The molecule has 3 atom stereocenters. The number of hydrogen-bond donors (Lipinski definition) is 2. The number of unbranched alkanes of at least 4 members (excludes halogenated alkanes) is 42. The highest BCUT2D eigenvalue weighted by atomic mass is 31.2. The number of rotatable bonds is 59. The zero-order valence-corrected chi connectivity index (χ0v) is 49.8. The highest BCUT2D eigenvalue weighted by molar-refractivity contribution is 7.45. The normalized spacial score (nSPS) is 13.9.